The third-order valence-electron chi connectivity index (χ3n) is 6.21. The van der Waals surface area contributed by atoms with Crippen LogP contribution in [-0.2, 0) is 14.4 Å². The number of benzene rings is 2. The van der Waals surface area contributed by atoms with E-state index in [1.54, 1.807) is 25.1 Å². The van der Waals surface area contributed by atoms with Gasteiger partial charge in [-0.3, -0.25) is 19.7 Å². The number of rotatable bonds is 4. The molecule has 2 amide bonds. The number of imide groups is 1. The van der Waals surface area contributed by atoms with E-state index in [4.69, 9.17) is 16.3 Å². The largest absolute Gasteiger partial charge is 0.504 e. The van der Waals surface area contributed by atoms with E-state index < -0.39 is 41.2 Å². The number of aliphatic carboxylic acids is 1. The fourth-order valence-corrected chi connectivity index (χ4v) is 4.66. The second-order valence-electron chi connectivity index (χ2n) is 8.01. The Kier molecular flexibility index (Phi) is 4.94. The molecule has 9 heteroatoms. The lowest BCUT2D eigenvalue weighted by molar-refractivity contribution is -0.147. The van der Waals surface area contributed by atoms with E-state index in [1.165, 1.54) is 32.2 Å². The summed E-state index contributed by atoms with van der Waals surface area (Å²) in [5, 5.41) is 23.2. The number of aryl methyl sites for hydroxylation is 1. The number of anilines is 1. The molecule has 31 heavy (non-hydrogen) atoms. The van der Waals surface area contributed by atoms with Crippen LogP contribution in [0.4, 0.5) is 5.69 Å². The molecule has 8 nitrogen and oxygen atoms in total. The first-order valence-corrected chi connectivity index (χ1v) is 10.00. The van der Waals surface area contributed by atoms with Crippen molar-refractivity contribution in [3.63, 3.8) is 0 Å². The van der Waals surface area contributed by atoms with Crippen molar-refractivity contribution in [2.45, 2.75) is 25.4 Å². The molecule has 162 valence electrons. The predicted molar refractivity (Wildman–Crippen MR) is 112 cm³/mol. The van der Waals surface area contributed by atoms with E-state index >= 15 is 0 Å². The van der Waals surface area contributed by atoms with Gasteiger partial charge >= 0.3 is 5.97 Å². The first-order valence-electron chi connectivity index (χ1n) is 9.62. The summed E-state index contributed by atoms with van der Waals surface area (Å²) in [6.07, 6.45) is 0. The van der Waals surface area contributed by atoms with Crippen molar-refractivity contribution in [1.29, 1.82) is 0 Å². The summed E-state index contributed by atoms with van der Waals surface area (Å²) in [5.74, 6) is -4.33. The van der Waals surface area contributed by atoms with Crippen molar-refractivity contribution in [2.75, 3.05) is 12.0 Å². The maximum absolute atomic E-state index is 13.5. The molecule has 4 rings (SSSR count). The van der Waals surface area contributed by atoms with Crippen LogP contribution in [0.2, 0.25) is 5.02 Å². The SMILES string of the molecule is COc1cc(C2NC(C)(C(=O)O)C3C(=O)N(c4ccc(C)c(Cl)c4)C(=O)C23)ccc1O. The summed E-state index contributed by atoms with van der Waals surface area (Å²) in [6, 6.07) is 8.57. The number of halogens is 1. The Hall–Kier alpha value is -3.10. The van der Waals surface area contributed by atoms with E-state index in [-0.39, 0.29) is 11.5 Å². The molecule has 0 spiro atoms. The Labute approximate surface area is 183 Å². The van der Waals surface area contributed by atoms with Crippen LogP contribution in [0.1, 0.15) is 24.1 Å². The zero-order valence-electron chi connectivity index (χ0n) is 17.0. The number of ether oxygens (including phenoxy) is 1. The van der Waals surface area contributed by atoms with Gasteiger partial charge in [-0.2, -0.15) is 0 Å². The van der Waals surface area contributed by atoms with E-state index in [9.17, 15) is 24.6 Å². The van der Waals surface area contributed by atoms with E-state index in [0.717, 1.165) is 10.5 Å². The smallest absolute Gasteiger partial charge is 0.324 e. The molecule has 3 N–H and O–H groups in total. The fourth-order valence-electron chi connectivity index (χ4n) is 4.49. The van der Waals surface area contributed by atoms with Crippen LogP contribution >= 0.6 is 11.6 Å². The zero-order valence-corrected chi connectivity index (χ0v) is 17.8. The third kappa shape index (κ3) is 3.05. The lowest BCUT2D eigenvalue weighted by atomic mass is 9.80. The molecule has 2 saturated heterocycles. The molecule has 2 aromatic carbocycles. The fraction of sp³-hybridized carbons (Fsp3) is 0.318. The minimum absolute atomic E-state index is 0.0912. The lowest BCUT2D eigenvalue weighted by Crippen LogP contribution is -2.53. The van der Waals surface area contributed by atoms with Gasteiger partial charge in [0.15, 0.2) is 11.5 Å². The highest BCUT2D eigenvalue weighted by atomic mass is 35.5. The lowest BCUT2D eigenvalue weighted by Gasteiger charge is -2.27. The summed E-state index contributed by atoms with van der Waals surface area (Å²) in [4.78, 5) is 40.0. The van der Waals surface area contributed by atoms with Gasteiger partial charge in [0.25, 0.3) is 0 Å². The van der Waals surface area contributed by atoms with Crippen molar-refractivity contribution in [3.8, 4) is 11.5 Å². The first kappa shape index (κ1) is 21.1. The number of phenolic OH excluding ortho intramolecular Hbond substituents is 1. The quantitative estimate of drug-likeness (QED) is 0.621. The number of nitrogens with zero attached hydrogens (tertiary/aromatic N) is 1. The van der Waals surface area contributed by atoms with Gasteiger partial charge in [0.05, 0.1) is 24.6 Å². The van der Waals surface area contributed by atoms with Crippen molar-refractivity contribution in [2.24, 2.45) is 11.8 Å². The molecule has 4 atom stereocenters. The predicted octanol–water partition coefficient (Wildman–Crippen LogP) is 2.66. The molecule has 2 aromatic rings. The Morgan fingerprint density at radius 1 is 1.19 bits per heavy atom. The van der Waals surface area contributed by atoms with Crippen molar-refractivity contribution in [1.82, 2.24) is 5.32 Å². The summed E-state index contributed by atoms with van der Waals surface area (Å²) in [6.45, 7) is 3.20. The van der Waals surface area contributed by atoms with Gasteiger partial charge in [-0.15, -0.1) is 0 Å². The summed E-state index contributed by atoms with van der Waals surface area (Å²) < 4.78 is 5.15. The number of carbonyl (C=O) groups is 3. The summed E-state index contributed by atoms with van der Waals surface area (Å²) >= 11 is 6.19. The van der Waals surface area contributed by atoms with Crippen molar-refractivity contribution in [3.05, 3.63) is 52.5 Å². The molecule has 0 saturated carbocycles. The number of hydrogen-bond acceptors (Lipinski definition) is 6. The molecule has 4 unspecified atom stereocenters. The Morgan fingerprint density at radius 2 is 1.90 bits per heavy atom. The number of amides is 2. The number of carboxylic acid groups (broad SMARTS) is 1. The zero-order chi connectivity index (χ0) is 22.7. The molecule has 2 heterocycles. The molecule has 2 fully saturated rings. The number of hydrogen-bond donors (Lipinski definition) is 3. The second kappa shape index (κ2) is 7.25. The van der Waals surface area contributed by atoms with E-state index in [1.807, 2.05) is 0 Å². The first-order chi connectivity index (χ1) is 14.6. The standard InChI is InChI=1S/C22H21ClN2O6/c1-10-4-6-12(9-13(10)23)25-19(27)16-17(20(25)28)22(2,21(29)30)24-18(16)11-5-7-14(26)15(8-11)31-3/h4-9,16-18,24,26H,1-3H3,(H,29,30). The summed E-state index contributed by atoms with van der Waals surface area (Å²) in [7, 11) is 1.39. The Bertz CT molecular complexity index is 1120. The average Bonchev–Trinajstić information content (AvgIpc) is 3.19. The van der Waals surface area contributed by atoms with Gasteiger partial charge in [0.1, 0.15) is 5.54 Å². The monoisotopic (exact) mass is 444 g/mol. The highest BCUT2D eigenvalue weighted by Crippen LogP contribution is 2.50. The molecule has 2 aliphatic heterocycles. The number of aromatic hydroxyl groups is 1. The van der Waals surface area contributed by atoms with Crippen LogP contribution in [0.15, 0.2) is 36.4 Å². The highest BCUT2D eigenvalue weighted by molar-refractivity contribution is 6.32. The van der Waals surface area contributed by atoms with E-state index in [2.05, 4.69) is 5.32 Å². The number of phenols is 1. The minimum atomic E-state index is -1.67. The van der Waals surface area contributed by atoms with Crippen LogP contribution in [0.5, 0.6) is 11.5 Å². The third-order valence-corrected chi connectivity index (χ3v) is 6.62. The molecular formula is C22H21ClN2O6. The van der Waals surface area contributed by atoms with Gasteiger partial charge in [-0.25, -0.2) is 4.90 Å². The van der Waals surface area contributed by atoms with Crippen LogP contribution in [0.25, 0.3) is 0 Å². The maximum atomic E-state index is 13.5. The number of carboxylic acids is 1. The number of nitrogens with one attached hydrogen (secondary N) is 1. The van der Waals surface area contributed by atoms with Crippen LogP contribution in [-0.4, -0.2) is 40.6 Å². The van der Waals surface area contributed by atoms with Gasteiger partial charge < -0.3 is 14.9 Å². The highest BCUT2D eigenvalue weighted by Gasteiger charge is 2.67. The van der Waals surface area contributed by atoms with Crippen LogP contribution < -0.4 is 15.0 Å². The number of fused-ring (bicyclic) bond motifs is 1. The number of methoxy groups -OCH3 is 1. The molecule has 0 aliphatic carbocycles. The van der Waals surface area contributed by atoms with Crippen LogP contribution in [0.3, 0.4) is 0 Å². The topological polar surface area (TPSA) is 116 Å². The van der Waals surface area contributed by atoms with Gasteiger partial charge in [0, 0.05) is 11.1 Å². The molecular weight excluding hydrogens is 424 g/mol. The Balaban J connectivity index is 1.83. The second-order valence-corrected chi connectivity index (χ2v) is 8.42. The van der Waals surface area contributed by atoms with Gasteiger partial charge in [-0.05, 0) is 49.2 Å². The van der Waals surface area contributed by atoms with Gasteiger partial charge in [-0.1, -0.05) is 23.7 Å². The summed E-state index contributed by atoms with van der Waals surface area (Å²) in [5.41, 5.74) is -0.0543. The van der Waals surface area contributed by atoms with Crippen molar-refractivity contribution < 1.29 is 29.3 Å². The average molecular weight is 445 g/mol. The molecule has 0 aromatic heterocycles. The van der Waals surface area contributed by atoms with Gasteiger partial charge in [0.2, 0.25) is 11.8 Å². The maximum Gasteiger partial charge on any atom is 0.324 e. The minimum Gasteiger partial charge on any atom is -0.504 e. The molecule has 0 bridgehead atoms. The van der Waals surface area contributed by atoms with Crippen molar-refractivity contribution >= 4 is 35.1 Å². The molecule has 0 radical (unpaired) electrons. The number of carbonyl (C=O) groups excluding carboxylic acids is 2. The Morgan fingerprint density at radius 3 is 2.52 bits per heavy atom. The normalized spacial score (nSPS) is 27.5. The van der Waals surface area contributed by atoms with E-state index in [0.29, 0.717) is 16.3 Å². The molecule has 2 aliphatic rings. The van der Waals surface area contributed by atoms with Crippen LogP contribution in [0, 0.1) is 18.8 Å².